The zero-order valence-electron chi connectivity index (χ0n) is 19.2. The van der Waals surface area contributed by atoms with E-state index in [9.17, 15) is 13.6 Å². The van der Waals surface area contributed by atoms with Crippen molar-refractivity contribution in [2.45, 2.75) is 39.4 Å². The number of aliphatic imine (C=N–C) groups is 2. The van der Waals surface area contributed by atoms with Gasteiger partial charge in [0.05, 0.1) is 31.2 Å². The molecule has 34 heavy (non-hydrogen) atoms. The second kappa shape index (κ2) is 12.1. The minimum absolute atomic E-state index is 0.0259. The fourth-order valence-corrected chi connectivity index (χ4v) is 3.63. The summed E-state index contributed by atoms with van der Waals surface area (Å²) < 4.78 is 38.1. The van der Waals surface area contributed by atoms with Crippen LogP contribution in [-0.2, 0) is 22.6 Å². The third-order valence-corrected chi connectivity index (χ3v) is 5.28. The van der Waals surface area contributed by atoms with Crippen LogP contribution in [0.15, 0.2) is 34.4 Å². The maximum Gasteiger partial charge on any atom is 0.374 e. The molecule has 0 bridgehead atoms. The van der Waals surface area contributed by atoms with E-state index in [2.05, 4.69) is 25.3 Å². The lowest BCUT2D eigenvalue weighted by molar-refractivity contribution is 0.0504. The molecule has 1 aliphatic heterocycles. The number of rotatable bonds is 11. The van der Waals surface area contributed by atoms with Crippen molar-refractivity contribution in [3.8, 4) is 0 Å². The number of methoxy groups -OCH3 is 1. The van der Waals surface area contributed by atoms with Crippen LogP contribution in [0.3, 0.4) is 0 Å². The summed E-state index contributed by atoms with van der Waals surface area (Å²) >= 11 is 6.00. The SMILES string of the molecule is CCOC(=O)c1nc(C2=NC(Cl)=NCC2C)cn1C[C@H](COC)NCc1cccc(C(F)F)n1. The van der Waals surface area contributed by atoms with Gasteiger partial charge in [0, 0.05) is 38.4 Å². The Hall–Kier alpha value is -2.76. The molecule has 2 atom stereocenters. The Kier molecular flexibility index (Phi) is 9.20. The van der Waals surface area contributed by atoms with Gasteiger partial charge in [-0.15, -0.1) is 0 Å². The van der Waals surface area contributed by atoms with E-state index in [0.717, 1.165) is 0 Å². The summed E-state index contributed by atoms with van der Waals surface area (Å²) in [5.74, 6) is -0.479. The Morgan fingerprint density at radius 3 is 2.85 bits per heavy atom. The molecule has 0 aromatic carbocycles. The molecule has 3 rings (SSSR count). The quantitative estimate of drug-likeness (QED) is 0.378. The van der Waals surface area contributed by atoms with Crippen LogP contribution >= 0.6 is 11.6 Å². The number of nitrogens with zero attached hydrogens (tertiary/aromatic N) is 5. The number of ether oxygens (including phenoxy) is 2. The fraction of sp³-hybridized carbons (Fsp3) is 0.500. The number of halogens is 3. The van der Waals surface area contributed by atoms with Crippen molar-refractivity contribution in [2.75, 3.05) is 26.9 Å². The first-order chi connectivity index (χ1) is 16.3. The molecule has 0 saturated carbocycles. The van der Waals surface area contributed by atoms with Crippen molar-refractivity contribution >= 4 is 28.6 Å². The Morgan fingerprint density at radius 2 is 2.15 bits per heavy atom. The van der Waals surface area contributed by atoms with E-state index in [1.807, 2.05) is 6.92 Å². The summed E-state index contributed by atoms with van der Waals surface area (Å²) in [6.45, 7) is 5.16. The predicted octanol–water partition coefficient (Wildman–Crippen LogP) is 3.23. The van der Waals surface area contributed by atoms with Gasteiger partial charge in [0.2, 0.25) is 11.1 Å². The number of carbonyl (C=O) groups excluding carboxylic acids is 1. The highest BCUT2D eigenvalue weighted by molar-refractivity contribution is 6.66. The highest BCUT2D eigenvalue weighted by Crippen LogP contribution is 2.18. The number of amidine groups is 1. The van der Waals surface area contributed by atoms with Crippen molar-refractivity contribution in [1.82, 2.24) is 19.9 Å². The molecule has 0 saturated heterocycles. The van der Waals surface area contributed by atoms with Crippen molar-refractivity contribution in [1.29, 1.82) is 0 Å². The highest BCUT2D eigenvalue weighted by Gasteiger charge is 2.25. The number of aromatic nitrogens is 3. The van der Waals surface area contributed by atoms with Gasteiger partial charge in [0.1, 0.15) is 11.4 Å². The molecule has 0 spiro atoms. The van der Waals surface area contributed by atoms with Crippen LogP contribution in [0.25, 0.3) is 0 Å². The first kappa shape index (κ1) is 25.9. The number of imidazole rings is 1. The lowest BCUT2D eigenvalue weighted by atomic mass is 10.0. The summed E-state index contributed by atoms with van der Waals surface area (Å²) in [6.07, 6.45) is -0.924. The molecule has 1 aliphatic rings. The van der Waals surface area contributed by atoms with Crippen molar-refractivity contribution in [2.24, 2.45) is 15.9 Å². The molecule has 9 nitrogen and oxygen atoms in total. The van der Waals surface area contributed by atoms with Gasteiger partial charge in [-0.05, 0) is 30.7 Å². The van der Waals surface area contributed by atoms with Gasteiger partial charge in [-0.25, -0.2) is 23.6 Å². The summed E-state index contributed by atoms with van der Waals surface area (Å²) in [5, 5.41) is 3.39. The number of hydrogen-bond donors (Lipinski definition) is 1. The number of hydrogen-bond acceptors (Lipinski definition) is 8. The van der Waals surface area contributed by atoms with E-state index in [1.54, 1.807) is 36.9 Å². The molecule has 12 heteroatoms. The third-order valence-electron chi connectivity index (χ3n) is 5.08. The molecular weight excluding hydrogens is 470 g/mol. The van der Waals surface area contributed by atoms with Crippen LogP contribution in [0.1, 0.15) is 48.0 Å². The van der Waals surface area contributed by atoms with Gasteiger partial charge in [-0.1, -0.05) is 13.0 Å². The summed E-state index contributed by atoms with van der Waals surface area (Å²) in [4.78, 5) is 29.5. The standard InChI is InChI=1S/C22H27ClF2N6O3/c1-4-34-21(32)20-29-17(18-13(2)8-27-22(23)30-18)11-31(20)10-15(12-33-3)26-9-14-6-5-7-16(28-14)19(24)25/h5-7,11,13,15,19,26H,4,8-10,12H2,1-3H3/t13?,15-/m1/s1. The number of nitrogens with one attached hydrogen (secondary N) is 1. The van der Waals surface area contributed by atoms with Crippen molar-refractivity contribution in [3.63, 3.8) is 0 Å². The maximum absolute atomic E-state index is 13.0. The van der Waals surface area contributed by atoms with Gasteiger partial charge >= 0.3 is 5.97 Å². The maximum atomic E-state index is 13.0. The van der Waals surface area contributed by atoms with Gasteiger partial charge in [0.15, 0.2) is 0 Å². The molecule has 2 aromatic heterocycles. The van der Waals surface area contributed by atoms with E-state index >= 15 is 0 Å². The van der Waals surface area contributed by atoms with E-state index in [-0.39, 0.29) is 41.9 Å². The number of alkyl halides is 2. The lowest BCUT2D eigenvalue weighted by Gasteiger charge is -2.19. The van der Waals surface area contributed by atoms with Crippen LogP contribution in [0.4, 0.5) is 8.78 Å². The van der Waals surface area contributed by atoms with E-state index in [0.29, 0.717) is 36.8 Å². The Balaban J connectivity index is 1.83. The molecule has 3 heterocycles. The molecule has 0 fully saturated rings. The molecule has 2 aromatic rings. The van der Waals surface area contributed by atoms with Crippen LogP contribution in [-0.4, -0.2) is 64.4 Å². The van der Waals surface area contributed by atoms with Gasteiger partial charge in [-0.3, -0.25) is 9.98 Å². The largest absolute Gasteiger partial charge is 0.460 e. The van der Waals surface area contributed by atoms with Crippen LogP contribution in [0, 0.1) is 5.92 Å². The first-order valence-electron chi connectivity index (χ1n) is 10.8. The average molecular weight is 497 g/mol. The first-order valence-corrected chi connectivity index (χ1v) is 11.2. The number of carbonyl (C=O) groups is 1. The highest BCUT2D eigenvalue weighted by atomic mass is 35.5. The zero-order valence-corrected chi connectivity index (χ0v) is 19.9. The van der Waals surface area contributed by atoms with E-state index in [4.69, 9.17) is 21.1 Å². The number of esters is 1. The van der Waals surface area contributed by atoms with Gasteiger partial charge < -0.3 is 19.4 Å². The fourth-order valence-electron chi connectivity index (χ4n) is 3.47. The summed E-state index contributed by atoms with van der Waals surface area (Å²) in [6, 6.07) is 4.20. The van der Waals surface area contributed by atoms with E-state index in [1.165, 1.54) is 6.07 Å². The van der Waals surface area contributed by atoms with Gasteiger partial charge in [-0.2, -0.15) is 0 Å². The minimum atomic E-state index is -2.64. The van der Waals surface area contributed by atoms with Crippen LogP contribution < -0.4 is 5.32 Å². The normalized spacial score (nSPS) is 16.9. The summed E-state index contributed by atoms with van der Waals surface area (Å²) in [7, 11) is 1.55. The molecule has 0 radical (unpaired) electrons. The zero-order chi connectivity index (χ0) is 24.7. The van der Waals surface area contributed by atoms with Crippen molar-refractivity contribution < 1.29 is 23.0 Å². The lowest BCUT2D eigenvalue weighted by Crippen LogP contribution is -2.37. The second-order valence-electron chi connectivity index (χ2n) is 7.72. The Bertz CT molecular complexity index is 1060. The van der Waals surface area contributed by atoms with Crippen LogP contribution in [0.5, 0.6) is 0 Å². The minimum Gasteiger partial charge on any atom is -0.460 e. The predicted molar refractivity (Wildman–Crippen MR) is 124 cm³/mol. The molecule has 0 aliphatic carbocycles. The summed E-state index contributed by atoms with van der Waals surface area (Å²) in [5.41, 5.74) is 1.32. The van der Waals surface area contributed by atoms with Crippen molar-refractivity contribution in [3.05, 3.63) is 47.3 Å². The molecular formula is C22H27ClF2N6O3. The van der Waals surface area contributed by atoms with Crippen LogP contribution in [0.2, 0.25) is 0 Å². The number of pyridine rings is 1. The second-order valence-corrected chi connectivity index (χ2v) is 8.06. The molecule has 1 N–H and O–H groups in total. The molecule has 1 unspecified atom stereocenters. The topological polar surface area (TPSA) is 103 Å². The Morgan fingerprint density at radius 1 is 1.35 bits per heavy atom. The smallest absolute Gasteiger partial charge is 0.374 e. The van der Waals surface area contributed by atoms with E-state index < -0.39 is 12.4 Å². The molecule has 0 amide bonds. The molecule has 184 valence electrons. The van der Waals surface area contributed by atoms with Gasteiger partial charge in [0.25, 0.3) is 6.43 Å². The average Bonchev–Trinajstić information content (AvgIpc) is 3.23. The monoisotopic (exact) mass is 496 g/mol. The third kappa shape index (κ3) is 6.64. The Labute approximate surface area is 201 Å².